The Morgan fingerprint density at radius 2 is 1.53 bits per heavy atom. The van der Waals surface area contributed by atoms with E-state index in [4.69, 9.17) is 30.7 Å². The van der Waals surface area contributed by atoms with E-state index in [-0.39, 0.29) is 0 Å². The van der Waals surface area contributed by atoms with Crippen molar-refractivity contribution >= 4 is 27.0 Å². The molecule has 92 valence electrons. The van der Waals surface area contributed by atoms with E-state index < -0.39 is 9.28 Å². The van der Waals surface area contributed by atoms with E-state index in [1.165, 1.54) is 0 Å². The van der Waals surface area contributed by atoms with E-state index in [0.29, 0.717) is 0 Å². The van der Waals surface area contributed by atoms with Gasteiger partial charge in [0.2, 0.25) is 6.08 Å². The summed E-state index contributed by atoms with van der Waals surface area (Å²) >= 11 is 5.19. The van der Waals surface area contributed by atoms with E-state index in [2.05, 4.69) is 0 Å². The van der Waals surface area contributed by atoms with Crippen LogP contribution < -0.4 is 0 Å². The van der Waals surface area contributed by atoms with Crippen molar-refractivity contribution in [1.29, 1.82) is 5.41 Å². The summed E-state index contributed by atoms with van der Waals surface area (Å²) in [5.41, 5.74) is 0. The largest absolute Gasteiger partial charge is 0.397 e. The van der Waals surface area contributed by atoms with E-state index in [1.807, 2.05) is 27.3 Å². The number of nitrogens with one attached hydrogen (secondary N) is 1. The van der Waals surface area contributed by atoms with Gasteiger partial charge in [-0.1, -0.05) is 6.92 Å². The molecule has 0 saturated carbocycles. The van der Waals surface area contributed by atoms with Gasteiger partial charge in [-0.05, 0) is 26.8 Å². The Bertz CT molecular complexity index is 125. The van der Waals surface area contributed by atoms with Crippen LogP contribution in [0.5, 0.6) is 0 Å². The van der Waals surface area contributed by atoms with E-state index in [9.17, 15) is 0 Å². The molecule has 0 radical (unpaired) electrons. The zero-order valence-corrected chi connectivity index (χ0v) is 11.9. The van der Waals surface area contributed by atoms with Gasteiger partial charge in [-0.3, -0.25) is 0 Å². The fraction of sp³-hybridized carbons (Fsp3) is 0.889. The Hall–Kier alpha value is -0.193. The first-order chi connectivity index (χ1) is 7.14. The van der Waals surface area contributed by atoms with Crippen LogP contribution >= 0.6 is 11.6 Å². The Kier molecular flexibility index (Phi) is 31.8. The second kappa shape index (κ2) is 23.5. The highest BCUT2D eigenvalue weighted by Crippen LogP contribution is 1.85. The fourth-order valence-electron chi connectivity index (χ4n) is 0.518. The van der Waals surface area contributed by atoms with Crippen LogP contribution in [0.4, 0.5) is 0 Å². The second-order valence-electron chi connectivity index (χ2n) is 2.27. The lowest BCUT2D eigenvalue weighted by atomic mass is 10.6. The van der Waals surface area contributed by atoms with Gasteiger partial charge < -0.3 is 8.85 Å². The molecule has 0 aliphatic rings. The van der Waals surface area contributed by atoms with Crippen molar-refractivity contribution in [2.45, 2.75) is 33.7 Å². The van der Waals surface area contributed by atoms with Gasteiger partial charge in [0.25, 0.3) is 0 Å². The lowest BCUT2D eigenvalue weighted by Crippen LogP contribution is -2.17. The minimum absolute atomic E-state index is 0.750. The summed E-state index contributed by atoms with van der Waals surface area (Å²) in [4.78, 5) is 8.35. The minimum Gasteiger partial charge on any atom is -0.397 e. The lowest BCUT2D eigenvalue weighted by Gasteiger charge is -2.07. The number of hydrogen-bond donors (Lipinski definition) is 1. The molecule has 0 rings (SSSR count). The van der Waals surface area contributed by atoms with Gasteiger partial charge in [0.15, 0.2) is 0 Å². The van der Waals surface area contributed by atoms with Gasteiger partial charge in [0, 0.05) is 19.1 Å². The smallest absolute Gasteiger partial charge is 0.318 e. The third-order valence-corrected chi connectivity index (χ3v) is 2.98. The molecule has 4 nitrogen and oxygen atoms in total. The Morgan fingerprint density at radius 1 is 1.27 bits per heavy atom. The Balaban J connectivity index is -0.000000173. The zero-order valence-electron chi connectivity index (χ0n) is 10.0. The van der Waals surface area contributed by atoms with Crippen LogP contribution in [-0.4, -0.2) is 34.5 Å². The van der Waals surface area contributed by atoms with Crippen LogP contribution in [0.2, 0.25) is 6.55 Å². The maximum absolute atomic E-state index is 8.35. The third-order valence-electron chi connectivity index (χ3n) is 0.992. The van der Waals surface area contributed by atoms with Crippen LogP contribution in [-0.2, 0) is 13.6 Å². The number of alkyl halides is 1. The molecule has 15 heavy (non-hydrogen) atoms. The van der Waals surface area contributed by atoms with Crippen LogP contribution in [0.3, 0.4) is 0 Å². The molecule has 0 spiro atoms. The SMILES string of the molecule is CCCCl.CCO[SiH](C)OCC.N=C=O. The topological polar surface area (TPSA) is 59.4 Å². The molecule has 0 aliphatic carbocycles. The molecule has 0 atom stereocenters. The standard InChI is InChI=1S/C5H14O2Si.C3H7Cl.CHNO/c1-4-6-8(3)7-5-2;1-2-3-4;2-1-3/h8H,4-5H2,1-3H3;2-3H2,1H3;2H. The third kappa shape index (κ3) is 41.5. The summed E-state index contributed by atoms with van der Waals surface area (Å²) in [5, 5.41) is 5.40. The van der Waals surface area contributed by atoms with E-state index in [1.54, 1.807) is 0 Å². The summed E-state index contributed by atoms with van der Waals surface area (Å²) < 4.78 is 10.4. The first kappa shape index (κ1) is 20.2. The molecule has 0 fully saturated rings. The maximum Gasteiger partial charge on any atom is 0.318 e. The molecular weight excluding hydrogens is 234 g/mol. The molecule has 0 bridgehead atoms. The molecule has 0 aliphatic heterocycles. The second-order valence-corrected chi connectivity index (χ2v) is 4.45. The van der Waals surface area contributed by atoms with Crippen molar-refractivity contribution in [3.05, 3.63) is 0 Å². The quantitative estimate of drug-likeness (QED) is 0.355. The molecule has 1 N–H and O–H groups in total. The Labute approximate surface area is 99.3 Å². The summed E-state index contributed by atoms with van der Waals surface area (Å²) in [6.07, 6.45) is 1.83. The predicted molar refractivity (Wildman–Crippen MR) is 65.7 cm³/mol. The summed E-state index contributed by atoms with van der Waals surface area (Å²) in [5.74, 6) is 0.792. The van der Waals surface area contributed by atoms with E-state index in [0.717, 1.165) is 31.6 Å². The number of halogens is 1. The number of rotatable bonds is 5. The van der Waals surface area contributed by atoms with E-state index >= 15 is 0 Å². The maximum atomic E-state index is 8.35. The van der Waals surface area contributed by atoms with Gasteiger partial charge in [-0.25, -0.2) is 10.2 Å². The normalized spacial score (nSPS) is 8.13. The van der Waals surface area contributed by atoms with Gasteiger partial charge >= 0.3 is 9.28 Å². The average Bonchev–Trinajstić information content (AvgIpc) is 2.20. The van der Waals surface area contributed by atoms with Gasteiger partial charge in [0.05, 0.1) is 0 Å². The first-order valence-electron chi connectivity index (χ1n) is 4.97. The Morgan fingerprint density at radius 3 is 1.67 bits per heavy atom. The number of isocyanates is 1. The predicted octanol–water partition coefficient (Wildman–Crippen LogP) is 2.45. The van der Waals surface area contributed by atoms with Crippen molar-refractivity contribution in [2.75, 3.05) is 19.1 Å². The van der Waals surface area contributed by atoms with Crippen molar-refractivity contribution < 1.29 is 13.6 Å². The van der Waals surface area contributed by atoms with Crippen LogP contribution in [0, 0.1) is 5.41 Å². The van der Waals surface area contributed by atoms with Gasteiger partial charge in [0.1, 0.15) is 0 Å². The molecule has 0 aromatic heterocycles. The van der Waals surface area contributed by atoms with Crippen LogP contribution in [0.1, 0.15) is 27.2 Å². The molecular formula is C9H22ClNO3Si. The molecule has 0 heterocycles. The molecule has 0 unspecified atom stereocenters. The summed E-state index contributed by atoms with van der Waals surface area (Å²) in [6.45, 7) is 9.63. The highest BCUT2D eigenvalue weighted by Gasteiger charge is 1.99. The molecule has 6 heteroatoms. The lowest BCUT2D eigenvalue weighted by molar-refractivity contribution is 0.219. The van der Waals surface area contributed by atoms with Crippen molar-refractivity contribution in [2.24, 2.45) is 0 Å². The number of hydrogen-bond acceptors (Lipinski definition) is 4. The highest BCUT2D eigenvalue weighted by molar-refractivity contribution is 6.42. The molecule has 0 saturated heterocycles. The molecule has 0 aromatic rings. The fourth-order valence-corrected chi connectivity index (χ4v) is 1.55. The van der Waals surface area contributed by atoms with Crippen LogP contribution in [0.25, 0.3) is 0 Å². The number of carbonyl (C=O) groups excluding carboxylic acids is 1. The molecule has 0 amide bonds. The minimum atomic E-state index is -1.20. The first-order valence-corrected chi connectivity index (χ1v) is 7.60. The summed E-state index contributed by atoms with van der Waals surface area (Å²) in [6, 6.07) is 0. The van der Waals surface area contributed by atoms with Crippen LogP contribution in [0.15, 0.2) is 0 Å². The average molecular weight is 256 g/mol. The summed E-state index contributed by atoms with van der Waals surface area (Å²) in [7, 11) is -1.20. The zero-order chi connectivity index (χ0) is 12.5. The van der Waals surface area contributed by atoms with Crippen molar-refractivity contribution in [1.82, 2.24) is 0 Å². The van der Waals surface area contributed by atoms with Crippen molar-refractivity contribution in [3.8, 4) is 0 Å². The molecule has 0 aromatic carbocycles. The monoisotopic (exact) mass is 255 g/mol. The highest BCUT2D eigenvalue weighted by atomic mass is 35.5. The van der Waals surface area contributed by atoms with Gasteiger partial charge in [-0.2, -0.15) is 0 Å². The van der Waals surface area contributed by atoms with Gasteiger partial charge in [-0.15, -0.1) is 11.6 Å². The van der Waals surface area contributed by atoms with Crippen molar-refractivity contribution in [3.63, 3.8) is 0 Å².